The van der Waals surface area contributed by atoms with E-state index >= 15 is 0 Å². The molecule has 0 spiro atoms. The van der Waals surface area contributed by atoms with Crippen molar-refractivity contribution in [3.63, 3.8) is 0 Å². The predicted octanol–water partition coefficient (Wildman–Crippen LogP) is 3.79. The fraction of sp³-hybridized carbons (Fsp3) is 0.200. The van der Waals surface area contributed by atoms with Gasteiger partial charge in [-0.05, 0) is 60.2 Å². The molecule has 0 amide bonds. The van der Waals surface area contributed by atoms with Crippen molar-refractivity contribution in [1.29, 1.82) is 0 Å². The van der Waals surface area contributed by atoms with Gasteiger partial charge in [0.05, 0.1) is 11.3 Å². The molecule has 2 heterocycles. The van der Waals surface area contributed by atoms with Gasteiger partial charge in [0.25, 0.3) is 0 Å². The highest BCUT2D eigenvalue weighted by Crippen LogP contribution is 2.32. The van der Waals surface area contributed by atoms with Gasteiger partial charge in [-0.1, -0.05) is 12.1 Å². The van der Waals surface area contributed by atoms with E-state index in [4.69, 9.17) is 14.2 Å². The monoisotopic (exact) mass is 429 g/mol. The number of nitrogens with one attached hydrogen (secondary N) is 1. The topological polar surface area (TPSA) is 72.4 Å². The molecule has 162 valence electrons. The molecule has 32 heavy (non-hydrogen) atoms. The SMILES string of the molecule is O=C(Oc1cccc(C=Nc2ccc(N3CCNCC3)cc2)c1)c1ccc2c(c1)OCO2. The molecule has 1 N–H and O–H groups in total. The molecule has 7 nitrogen and oxygen atoms in total. The Labute approximate surface area is 186 Å². The van der Waals surface area contributed by atoms with Crippen LogP contribution in [-0.2, 0) is 0 Å². The van der Waals surface area contributed by atoms with Crippen molar-refractivity contribution in [3.05, 3.63) is 77.9 Å². The van der Waals surface area contributed by atoms with Crippen LogP contribution >= 0.6 is 0 Å². The molecule has 0 aromatic heterocycles. The van der Waals surface area contributed by atoms with Gasteiger partial charge in [0.1, 0.15) is 5.75 Å². The van der Waals surface area contributed by atoms with Crippen LogP contribution in [0.25, 0.3) is 0 Å². The number of rotatable bonds is 5. The van der Waals surface area contributed by atoms with E-state index in [2.05, 4.69) is 27.3 Å². The molecule has 0 bridgehead atoms. The fourth-order valence-electron chi connectivity index (χ4n) is 3.67. The maximum atomic E-state index is 12.5. The van der Waals surface area contributed by atoms with Crippen molar-refractivity contribution in [2.24, 2.45) is 4.99 Å². The molecule has 3 aromatic rings. The number of anilines is 1. The highest BCUT2D eigenvalue weighted by molar-refractivity contribution is 5.92. The summed E-state index contributed by atoms with van der Waals surface area (Å²) >= 11 is 0. The van der Waals surface area contributed by atoms with Gasteiger partial charge in [-0.3, -0.25) is 4.99 Å². The first-order valence-electron chi connectivity index (χ1n) is 10.6. The van der Waals surface area contributed by atoms with Gasteiger partial charge in [-0.2, -0.15) is 0 Å². The van der Waals surface area contributed by atoms with Gasteiger partial charge < -0.3 is 24.4 Å². The van der Waals surface area contributed by atoms with E-state index in [0.717, 1.165) is 37.4 Å². The Morgan fingerprint density at radius 1 is 0.969 bits per heavy atom. The van der Waals surface area contributed by atoms with Crippen molar-refractivity contribution in [3.8, 4) is 17.2 Å². The summed E-state index contributed by atoms with van der Waals surface area (Å²) in [5.74, 6) is 1.16. The van der Waals surface area contributed by atoms with Gasteiger partial charge in [0.15, 0.2) is 11.5 Å². The van der Waals surface area contributed by atoms with Crippen LogP contribution in [0.1, 0.15) is 15.9 Å². The lowest BCUT2D eigenvalue weighted by Gasteiger charge is -2.29. The minimum Gasteiger partial charge on any atom is -0.454 e. The van der Waals surface area contributed by atoms with E-state index in [1.165, 1.54) is 5.69 Å². The second-order valence-electron chi connectivity index (χ2n) is 7.54. The molecule has 5 rings (SSSR count). The maximum Gasteiger partial charge on any atom is 0.343 e. The molecule has 0 saturated carbocycles. The quantitative estimate of drug-likeness (QED) is 0.378. The Hall–Kier alpha value is -3.84. The highest BCUT2D eigenvalue weighted by atomic mass is 16.7. The second kappa shape index (κ2) is 9.11. The first-order chi connectivity index (χ1) is 15.7. The summed E-state index contributed by atoms with van der Waals surface area (Å²) in [4.78, 5) is 19.4. The number of ether oxygens (including phenoxy) is 3. The van der Waals surface area contributed by atoms with E-state index in [1.54, 1.807) is 36.5 Å². The third kappa shape index (κ3) is 4.58. The van der Waals surface area contributed by atoms with E-state index in [9.17, 15) is 4.79 Å². The van der Waals surface area contributed by atoms with Gasteiger partial charge in [-0.15, -0.1) is 0 Å². The Morgan fingerprint density at radius 3 is 2.62 bits per heavy atom. The average molecular weight is 429 g/mol. The highest BCUT2D eigenvalue weighted by Gasteiger charge is 2.17. The van der Waals surface area contributed by atoms with Crippen LogP contribution < -0.4 is 24.4 Å². The fourth-order valence-corrected chi connectivity index (χ4v) is 3.67. The molecule has 0 aliphatic carbocycles. The zero-order valence-corrected chi connectivity index (χ0v) is 17.5. The third-order valence-electron chi connectivity index (χ3n) is 5.37. The molecular formula is C25H23N3O4. The van der Waals surface area contributed by atoms with Gasteiger partial charge in [-0.25, -0.2) is 4.79 Å². The number of benzene rings is 3. The minimum atomic E-state index is -0.458. The van der Waals surface area contributed by atoms with Crippen molar-refractivity contribution in [2.75, 3.05) is 37.9 Å². The number of nitrogens with zero attached hydrogens (tertiary/aromatic N) is 2. The molecule has 2 aliphatic heterocycles. The molecule has 0 atom stereocenters. The van der Waals surface area contributed by atoms with Crippen molar-refractivity contribution < 1.29 is 19.0 Å². The van der Waals surface area contributed by atoms with Crippen LogP contribution in [0.3, 0.4) is 0 Å². The number of esters is 1. The summed E-state index contributed by atoms with van der Waals surface area (Å²) in [6, 6.07) is 20.5. The number of piperazine rings is 1. The second-order valence-corrected chi connectivity index (χ2v) is 7.54. The number of hydrogen-bond acceptors (Lipinski definition) is 7. The standard InChI is InChI=1S/C25H23N3O4/c29-25(19-4-9-23-24(15-19)31-17-30-23)32-22-3-1-2-18(14-22)16-27-20-5-7-21(8-6-20)28-12-10-26-11-13-28/h1-9,14-16,26H,10-13,17H2. The summed E-state index contributed by atoms with van der Waals surface area (Å²) in [5.41, 5.74) is 3.32. The lowest BCUT2D eigenvalue weighted by molar-refractivity contribution is 0.0734. The molecular weight excluding hydrogens is 406 g/mol. The van der Waals surface area contributed by atoms with Crippen molar-refractivity contribution >= 4 is 23.6 Å². The van der Waals surface area contributed by atoms with Crippen LogP contribution in [0.2, 0.25) is 0 Å². The molecule has 7 heteroatoms. The molecule has 2 aliphatic rings. The summed E-state index contributed by atoms with van der Waals surface area (Å²) in [6.45, 7) is 4.21. The summed E-state index contributed by atoms with van der Waals surface area (Å²) < 4.78 is 16.1. The summed E-state index contributed by atoms with van der Waals surface area (Å²) in [5, 5.41) is 3.36. The van der Waals surface area contributed by atoms with Gasteiger partial charge >= 0.3 is 5.97 Å². The minimum absolute atomic E-state index is 0.160. The number of fused-ring (bicyclic) bond motifs is 1. The van der Waals surface area contributed by atoms with Crippen LogP contribution in [0, 0.1) is 0 Å². The first kappa shape index (κ1) is 20.1. The first-order valence-corrected chi connectivity index (χ1v) is 10.6. The largest absolute Gasteiger partial charge is 0.454 e. The van der Waals surface area contributed by atoms with Crippen LogP contribution in [-0.4, -0.2) is 45.2 Å². The Morgan fingerprint density at radius 2 is 1.78 bits per heavy atom. The number of aliphatic imine (C=N–C) groups is 1. The van der Waals surface area contributed by atoms with E-state index in [-0.39, 0.29) is 6.79 Å². The average Bonchev–Trinajstić information content (AvgIpc) is 3.32. The summed E-state index contributed by atoms with van der Waals surface area (Å²) in [6.07, 6.45) is 1.76. The zero-order valence-electron chi connectivity index (χ0n) is 17.5. The third-order valence-corrected chi connectivity index (χ3v) is 5.37. The summed E-state index contributed by atoms with van der Waals surface area (Å²) in [7, 11) is 0. The maximum absolute atomic E-state index is 12.5. The van der Waals surface area contributed by atoms with Crippen molar-refractivity contribution in [1.82, 2.24) is 5.32 Å². The molecule has 1 saturated heterocycles. The lowest BCUT2D eigenvalue weighted by Crippen LogP contribution is -2.43. The van der Waals surface area contributed by atoms with Gasteiger partial charge in [0.2, 0.25) is 6.79 Å². The van der Waals surface area contributed by atoms with Crippen molar-refractivity contribution in [2.45, 2.75) is 0 Å². The normalized spacial score (nSPS) is 15.2. The number of carbonyl (C=O) groups is 1. The Bertz CT molecular complexity index is 1140. The van der Waals surface area contributed by atoms with Crippen LogP contribution in [0.15, 0.2) is 71.7 Å². The molecule has 0 unspecified atom stereocenters. The predicted molar refractivity (Wildman–Crippen MR) is 123 cm³/mol. The van der Waals surface area contributed by atoms with Crippen LogP contribution in [0.4, 0.5) is 11.4 Å². The van der Waals surface area contributed by atoms with Crippen LogP contribution in [0.5, 0.6) is 17.2 Å². The van der Waals surface area contributed by atoms with Gasteiger partial charge in [0, 0.05) is 38.1 Å². The molecule has 3 aromatic carbocycles. The molecule has 1 fully saturated rings. The Balaban J connectivity index is 1.24. The van der Waals surface area contributed by atoms with E-state index in [0.29, 0.717) is 22.8 Å². The lowest BCUT2D eigenvalue weighted by atomic mass is 10.2. The molecule has 0 radical (unpaired) electrons. The van der Waals surface area contributed by atoms with E-state index in [1.807, 2.05) is 24.3 Å². The zero-order chi connectivity index (χ0) is 21.8. The Kier molecular flexibility index (Phi) is 5.72. The number of hydrogen-bond donors (Lipinski definition) is 1. The number of carbonyl (C=O) groups excluding carboxylic acids is 1. The van der Waals surface area contributed by atoms with E-state index < -0.39 is 5.97 Å². The smallest absolute Gasteiger partial charge is 0.343 e.